The van der Waals surface area contributed by atoms with Gasteiger partial charge in [0.15, 0.2) is 11.5 Å². The Hall–Kier alpha value is -2.95. The van der Waals surface area contributed by atoms with Crippen LogP contribution in [0.5, 0.6) is 17.2 Å². The van der Waals surface area contributed by atoms with Gasteiger partial charge in [-0.05, 0) is 41.8 Å². The van der Waals surface area contributed by atoms with E-state index in [1.54, 1.807) is 6.07 Å². The summed E-state index contributed by atoms with van der Waals surface area (Å²) in [6.07, 6.45) is 0.777. The van der Waals surface area contributed by atoms with Crippen molar-refractivity contribution in [2.24, 2.45) is 0 Å². The van der Waals surface area contributed by atoms with Crippen molar-refractivity contribution >= 4 is 11.0 Å². The Morgan fingerprint density at radius 3 is 2.79 bits per heavy atom. The first-order valence-electron chi connectivity index (χ1n) is 7.81. The lowest BCUT2D eigenvalue weighted by atomic mass is 10.1. The van der Waals surface area contributed by atoms with Crippen molar-refractivity contribution in [2.45, 2.75) is 20.0 Å². The maximum atomic E-state index is 11.6. The predicted molar refractivity (Wildman–Crippen MR) is 88.8 cm³/mol. The highest BCUT2D eigenvalue weighted by atomic mass is 16.7. The van der Waals surface area contributed by atoms with Crippen molar-refractivity contribution in [1.29, 1.82) is 0 Å². The summed E-state index contributed by atoms with van der Waals surface area (Å²) in [7, 11) is 0. The summed E-state index contributed by atoms with van der Waals surface area (Å²) in [5.41, 5.74) is 2.15. The van der Waals surface area contributed by atoms with Crippen LogP contribution in [0.3, 0.4) is 0 Å². The number of hydrogen-bond donors (Lipinski definition) is 0. The van der Waals surface area contributed by atoms with Crippen LogP contribution >= 0.6 is 0 Å². The van der Waals surface area contributed by atoms with Crippen LogP contribution < -0.4 is 19.8 Å². The normalized spacial score (nSPS) is 12.5. The maximum Gasteiger partial charge on any atom is 0.336 e. The zero-order valence-corrected chi connectivity index (χ0v) is 13.2. The van der Waals surface area contributed by atoms with E-state index < -0.39 is 0 Å². The zero-order chi connectivity index (χ0) is 16.5. The van der Waals surface area contributed by atoms with E-state index in [4.69, 9.17) is 18.6 Å². The number of benzene rings is 2. The van der Waals surface area contributed by atoms with Crippen LogP contribution in [-0.2, 0) is 13.0 Å². The van der Waals surface area contributed by atoms with Crippen LogP contribution in [0.1, 0.15) is 18.1 Å². The fraction of sp³-hybridized carbons (Fsp3) is 0.211. The lowest BCUT2D eigenvalue weighted by Crippen LogP contribution is -2.00. The Labute approximate surface area is 138 Å². The molecule has 0 bridgehead atoms. The fourth-order valence-electron chi connectivity index (χ4n) is 2.79. The van der Waals surface area contributed by atoms with Gasteiger partial charge in [0.05, 0.1) is 0 Å². The van der Waals surface area contributed by atoms with Gasteiger partial charge in [-0.1, -0.05) is 13.0 Å². The number of ether oxygens (including phenoxy) is 3. The Bertz CT molecular complexity index is 958. The molecule has 1 aliphatic rings. The highest BCUT2D eigenvalue weighted by molar-refractivity contribution is 5.81. The van der Waals surface area contributed by atoms with E-state index in [0.717, 1.165) is 34.4 Å². The summed E-state index contributed by atoms with van der Waals surface area (Å²) in [4.78, 5) is 11.6. The molecule has 0 fully saturated rings. The van der Waals surface area contributed by atoms with Crippen LogP contribution in [0.15, 0.2) is 51.7 Å². The van der Waals surface area contributed by atoms with E-state index in [9.17, 15) is 4.79 Å². The third kappa shape index (κ3) is 2.69. The van der Waals surface area contributed by atoms with Gasteiger partial charge in [0.2, 0.25) is 6.79 Å². The van der Waals surface area contributed by atoms with Gasteiger partial charge < -0.3 is 18.6 Å². The fourth-order valence-corrected chi connectivity index (χ4v) is 2.79. The van der Waals surface area contributed by atoms with Gasteiger partial charge in [-0.2, -0.15) is 0 Å². The molecule has 0 radical (unpaired) electrons. The van der Waals surface area contributed by atoms with Crippen LogP contribution in [0.25, 0.3) is 11.0 Å². The Morgan fingerprint density at radius 1 is 1.04 bits per heavy atom. The quantitative estimate of drug-likeness (QED) is 0.685. The van der Waals surface area contributed by atoms with E-state index in [2.05, 4.69) is 0 Å². The summed E-state index contributed by atoms with van der Waals surface area (Å²) in [5, 5.41) is 0.938. The van der Waals surface area contributed by atoms with Crippen molar-refractivity contribution < 1.29 is 18.6 Å². The molecular formula is C19H16O5. The Kier molecular flexibility index (Phi) is 3.61. The average Bonchev–Trinajstić information content (AvgIpc) is 3.06. The van der Waals surface area contributed by atoms with Crippen molar-refractivity contribution in [3.05, 3.63) is 64.0 Å². The van der Waals surface area contributed by atoms with Crippen LogP contribution in [-0.4, -0.2) is 6.79 Å². The third-order valence-corrected chi connectivity index (χ3v) is 4.03. The summed E-state index contributed by atoms with van der Waals surface area (Å²) in [5.74, 6) is 2.13. The Balaban J connectivity index is 1.57. The lowest BCUT2D eigenvalue weighted by Gasteiger charge is -2.09. The molecule has 0 saturated carbocycles. The van der Waals surface area contributed by atoms with Crippen LogP contribution in [0, 0.1) is 0 Å². The average molecular weight is 324 g/mol. The minimum Gasteiger partial charge on any atom is -0.489 e. The minimum absolute atomic E-state index is 0.253. The number of rotatable bonds is 4. The molecular weight excluding hydrogens is 308 g/mol. The molecule has 0 spiro atoms. The second-order valence-electron chi connectivity index (χ2n) is 5.58. The molecule has 2 aromatic carbocycles. The molecule has 1 aromatic heterocycles. The first-order chi connectivity index (χ1) is 11.7. The predicted octanol–water partition coefficient (Wildman–Crippen LogP) is 3.66. The van der Waals surface area contributed by atoms with Gasteiger partial charge in [0, 0.05) is 17.5 Å². The van der Waals surface area contributed by atoms with Gasteiger partial charge in [0.25, 0.3) is 0 Å². The molecule has 122 valence electrons. The molecule has 1 aliphatic heterocycles. The first-order valence-corrected chi connectivity index (χ1v) is 7.81. The van der Waals surface area contributed by atoms with E-state index >= 15 is 0 Å². The standard InChI is InChI=1S/C19H16O5/c1-2-13-8-19(20)24-17-9-14(4-5-15(13)17)21-10-12-3-6-16-18(7-12)23-11-22-16/h3-9H,2,10-11H2,1H3. The summed E-state index contributed by atoms with van der Waals surface area (Å²) >= 11 is 0. The molecule has 5 heteroatoms. The minimum atomic E-state index is -0.340. The molecule has 3 aromatic rings. The van der Waals surface area contributed by atoms with E-state index in [1.165, 1.54) is 6.07 Å². The van der Waals surface area contributed by atoms with Crippen LogP contribution in [0.4, 0.5) is 0 Å². The Morgan fingerprint density at radius 2 is 1.92 bits per heavy atom. The van der Waals surface area contributed by atoms with E-state index in [1.807, 2.05) is 37.3 Å². The smallest absolute Gasteiger partial charge is 0.336 e. The van der Waals surface area contributed by atoms with Crippen molar-refractivity contribution in [3.63, 3.8) is 0 Å². The largest absolute Gasteiger partial charge is 0.489 e. The summed E-state index contributed by atoms with van der Waals surface area (Å²) < 4.78 is 21.8. The van der Waals surface area contributed by atoms with Gasteiger partial charge in [-0.15, -0.1) is 0 Å². The van der Waals surface area contributed by atoms with Crippen LogP contribution in [0.2, 0.25) is 0 Å². The molecule has 2 heterocycles. The highest BCUT2D eigenvalue weighted by Crippen LogP contribution is 2.33. The SMILES string of the molecule is CCc1cc(=O)oc2cc(OCc3ccc4c(c3)OCO4)ccc12. The van der Waals surface area contributed by atoms with Crippen molar-refractivity contribution in [2.75, 3.05) is 6.79 Å². The second kappa shape index (κ2) is 5.92. The van der Waals surface area contributed by atoms with Gasteiger partial charge in [-0.25, -0.2) is 4.79 Å². The van der Waals surface area contributed by atoms with Crippen molar-refractivity contribution in [3.8, 4) is 17.2 Å². The molecule has 4 rings (SSSR count). The number of aryl methyl sites for hydroxylation is 1. The summed E-state index contributed by atoms with van der Waals surface area (Å²) in [6, 6.07) is 12.8. The molecule has 0 amide bonds. The molecule has 0 unspecified atom stereocenters. The first kappa shape index (κ1) is 14.6. The van der Waals surface area contributed by atoms with Gasteiger partial charge >= 0.3 is 5.63 Å². The molecule has 0 aliphatic carbocycles. The van der Waals surface area contributed by atoms with Gasteiger partial charge in [-0.3, -0.25) is 0 Å². The highest BCUT2D eigenvalue weighted by Gasteiger charge is 2.13. The molecule has 0 N–H and O–H groups in total. The molecule has 0 saturated heterocycles. The monoisotopic (exact) mass is 324 g/mol. The third-order valence-electron chi connectivity index (χ3n) is 4.03. The molecule has 0 atom stereocenters. The topological polar surface area (TPSA) is 57.9 Å². The number of fused-ring (bicyclic) bond motifs is 2. The van der Waals surface area contributed by atoms with Crippen molar-refractivity contribution in [1.82, 2.24) is 0 Å². The molecule has 24 heavy (non-hydrogen) atoms. The maximum absolute atomic E-state index is 11.6. The van der Waals surface area contributed by atoms with E-state index in [-0.39, 0.29) is 12.4 Å². The van der Waals surface area contributed by atoms with Gasteiger partial charge in [0.1, 0.15) is 17.9 Å². The van der Waals surface area contributed by atoms with E-state index in [0.29, 0.717) is 17.9 Å². The zero-order valence-electron chi connectivity index (χ0n) is 13.2. The molecule has 5 nitrogen and oxygen atoms in total. The second-order valence-corrected chi connectivity index (χ2v) is 5.58. The number of hydrogen-bond acceptors (Lipinski definition) is 5. The summed E-state index contributed by atoms with van der Waals surface area (Å²) in [6.45, 7) is 2.65. The lowest BCUT2D eigenvalue weighted by molar-refractivity contribution is 0.174.